The summed E-state index contributed by atoms with van der Waals surface area (Å²) >= 11 is 0. The molecule has 3 rings (SSSR count). The van der Waals surface area contributed by atoms with Gasteiger partial charge in [0.1, 0.15) is 6.42 Å². The monoisotopic (exact) mass is 430 g/mol. The smallest absolute Gasteiger partial charge is 0.249 e. The third-order valence-electron chi connectivity index (χ3n) is 5.36. The summed E-state index contributed by atoms with van der Waals surface area (Å²) in [6, 6.07) is 18.3. The second-order valence-electron chi connectivity index (χ2n) is 8.01. The zero-order chi connectivity index (χ0) is 23.1. The molecule has 32 heavy (non-hydrogen) atoms. The number of carbonyl (C=O) groups excluding carboxylic acids is 2. The van der Waals surface area contributed by atoms with E-state index in [-0.39, 0.29) is 12.3 Å². The van der Waals surface area contributed by atoms with Crippen LogP contribution in [0.3, 0.4) is 0 Å². The minimum atomic E-state index is -0.443. The summed E-state index contributed by atoms with van der Waals surface area (Å²) in [4.78, 5) is 24.0. The lowest BCUT2D eigenvalue weighted by atomic mass is 10.1. The topological polar surface area (TPSA) is 75.5 Å². The first-order chi connectivity index (χ1) is 15.3. The van der Waals surface area contributed by atoms with Crippen LogP contribution in [0.4, 0.5) is 0 Å². The van der Waals surface area contributed by atoms with Gasteiger partial charge in [0.15, 0.2) is 0 Å². The predicted molar refractivity (Wildman–Crippen MR) is 128 cm³/mol. The first kappa shape index (κ1) is 23.0. The lowest BCUT2D eigenvalue weighted by Crippen LogP contribution is -2.31. The molecule has 6 nitrogen and oxygen atoms in total. The summed E-state index contributed by atoms with van der Waals surface area (Å²) in [6.45, 7) is 8.73. The van der Waals surface area contributed by atoms with Gasteiger partial charge in [0.05, 0.1) is 6.21 Å². The molecule has 0 bridgehead atoms. The summed E-state index contributed by atoms with van der Waals surface area (Å²) in [5, 5.41) is 6.81. The molecule has 0 saturated carbocycles. The van der Waals surface area contributed by atoms with Crippen molar-refractivity contribution in [1.82, 2.24) is 15.3 Å². The van der Waals surface area contributed by atoms with Crippen LogP contribution in [0, 0.1) is 27.7 Å². The normalized spacial score (nSPS) is 11.0. The maximum Gasteiger partial charge on any atom is 0.249 e. The largest absolute Gasteiger partial charge is 0.355 e. The molecule has 3 aromatic rings. The van der Waals surface area contributed by atoms with Crippen molar-refractivity contribution in [3.8, 4) is 5.69 Å². The number of aromatic nitrogens is 1. The molecule has 2 N–H and O–H groups in total. The number of nitrogens with zero attached hydrogens (tertiary/aromatic N) is 2. The molecule has 0 atom stereocenters. The van der Waals surface area contributed by atoms with Crippen molar-refractivity contribution < 1.29 is 9.59 Å². The highest BCUT2D eigenvalue weighted by atomic mass is 16.2. The quantitative estimate of drug-likeness (QED) is 0.323. The molecule has 0 spiro atoms. The number of rotatable bonds is 8. The molecule has 1 heterocycles. The van der Waals surface area contributed by atoms with Gasteiger partial charge in [-0.2, -0.15) is 5.10 Å². The molecule has 2 amide bonds. The highest BCUT2D eigenvalue weighted by Gasteiger charge is 2.12. The second-order valence-corrected chi connectivity index (χ2v) is 8.01. The third-order valence-corrected chi connectivity index (χ3v) is 5.36. The molecule has 0 unspecified atom stereocenters. The SMILES string of the molecule is Cc1ccc(-n2c(C)cc(/C=N/NC(=O)CC(=O)NCCc3ccccc3)c2C)c(C)c1. The van der Waals surface area contributed by atoms with Crippen molar-refractivity contribution in [3.05, 3.63) is 88.2 Å². The summed E-state index contributed by atoms with van der Waals surface area (Å²) < 4.78 is 2.18. The van der Waals surface area contributed by atoms with Gasteiger partial charge >= 0.3 is 0 Å². The van der Waals surface area contributed by atoms with Gasteiger partial charge in [0.2, 0.25) is 11.8 Å². The number of hydrazone groups is 1. The van der Waals surface area contributed by atoms with Crippen LogP contribution in [0.15, 0.2) is 59.7 Å². The number of aryl methyl sites for hydroxylation is 3. The minimum absolute atomic E-state index is 0.256. The third kappa shape index (κ3) is 5.94. The van der Waals surface area contributed by atoms with E-state index >= 15 is 0 Å². The Hall–Kier alpha value is -3.67. The Balaban J connectivity index is 1.53. The van der Waals surface area contributed by atoms with Gasteiger partial charge < -0.3 is 9.88 Å². The van der Waals surface area contributed by atoms with E-state index in [1.165, 1.54) is 11.1 Å². The fraction of sp³-hybridized carbons (Fsp3) is 0.269. The highest BCUT2D eigenvalue weighted by molar-refractivity contribution is 5.97. The van der Waals surface area contributed by atoms with Crippen molar-refractivity contribution in [2.24, 2.45) is 5.10 Å². The van der Waals surface area contributed by atoms with Crippen LogP contribution in [0.2, 0.25) is 0 Å². The molecular weight excluding hydrogens is 400 g/mol. The van der Waals surface area contributed by atoms with Gasteiger partial charge in [-0.15, -0.1) is 0 Å². The summed E-state index contributed by atoms with van der Waals surface area (Å²) in [6.07, 6.45) is 2.09. The van der Waals surface area contributed by atoms with Gasteiger partial charge in [0.25, 0.3) is 0 Å². The highest BCUT2D eigenvalue weighted by Crippen LogP contribution is 2.23. The van der Waals surface area contributed by atoms with Crippen LogP contribution >= 0.6 is 0 Å². The summed E-state index contributed by atoms with van der Waals surface area (Å²) in [5.74, 6) is -0.761. The molecule has 1 aromatic heterocycles. The Morgan fingerprint density at radius 2 is 1.72 bits per heavy atom. The molecule has 0 saturated heterocycles. The fourth-order valence-corrected chi connectivity index (χ4v) is 3.76. The van der Waals surface area contributed by atoms with E-state index in [4.69, 9.17) is 0 Å². The van der Waals surface area contributed by atoms with Crippen molar-refractivity contribution >= 4 is 18.0 Å². The summed E-state index contributed by atoms with van der Waals surface area (Å²) in [7, 11) is 0. The Morgan fingerprint density at radius 1 is 0.969 bits per heavy atom. The maximum atomic E-state index is 12.0. The lowest BCUT2D eigenvalue weighted by molar-refractivity contribution is -0.129. The molecule has 0 radical (unpaired) electrons. The molecule has 166 valence electrons. The molecule has 0 aliphatic carbocycles. The van der Waals surface area contributed by atoms with Crippen LogP contribution < -0.4 is 10.7 Å². The fourth-order valence-electron chi connectivity index (χ4n) is 3.76. The van der Waals surface area contributed by atoms with E-state index in [1.807, 2.05) is 50.2 Å². The molecule has 6 heteroatoms. The first-order valence-electron chi connectivity index (χ1n) is 10.7. The van der Waals surface area contributed by atoms with E-state index in [9.17, 15) is 9.59 Å². The van der Waals surface area contributed by atoms with Gasteiger partial charge in [-0.25, -0.2) is 5.43 Å². The van der Waals surface area contributed by atoms with E-state index in [0.29, 0.717) is 6.54 Å². The molecule has 0 aliphatic rings. The average Bonchev–Trinajstić information content (AvgIpc) is 3.02. The van der Waals surface area contributed by atoms with Gasteiger partial charge in [-0.1, -0.05) is 48.0 Å². The molecular formula is C26H30N4O2. The van der Waals surface area contributed by atoms with E-state index in [0.717, 1.165) is 34.6 Å². The number of amides is 2. The minimum Gasteiger partial charge on any atom is -0.355 e. The standard InChI is InChI=1S/C26H30N4O2/c1-18-10-11-24(19(2)14-18)30-20(3)15-23(21(30)4)17-28-29-26(32)16-25(31)27-13-12-22-8-6-5-7-9-22/h5-11,14-15,17H,12-13,16H2,1-4H3,(H,27,31)(H,29,32)/b28-17+. The van der Waals surface area contributed by atoms with Gasteiger partial charge in [-0.05, 0) is 57.4 Å². The summed E-state index contributed by atoms with van der Waals surface area (Å²) in [5.41, 5.74) is 10.2. The Kier molecular flexibility index (Phi) is 7.60. The number of carbonyl (C=O) groups is 2. The van der Waals surface area contributed by atoms with Crippen molar-refractivity contribution in [2.45, 2.75) is 40.5 Å². The van der Waals surface area contributed by atoms with Crippen LogP contribution in [-0.2, 0) is 16.0 Å². The van der Waals surface area contributed by atoms with Crippen molar-refractivity contribution in [2.75, 3.05) is 6.54 Å². The number of nitrogens with one attached hydrogen (secondary N) is 2. The molecule has 0 fully saturated rings. The van der Waals surface area contributed by atoms with E-state index in [2.05, 4.69) is 52.5 Å². The molecule has 0 aliphatic heterocycles. The number of hydrogen-bond donors (Lipinski definition) is 2. The number of hydrogen-bond acceptors (Lipinski definition) is 3. The maximum absolute atomic E-state index is 12.0. The number of benzene rings is 2. The van der Waals surface area contributed by atoms with E-state index in [1.54, 1.807) is 6.21 Å². The van der Waals surface area contributed by atoms with Crippen LogP contribution in [-0.4, -0.2) is 29.1 Å². The van der Waals surface area contributed by atoms with Crippen LogP contribution in [0.5, 0.6) is 0 Å². The second kappa shape index (κ2) is 10.6. The van der Waals surface area contributed by atoms with E-state index < -0.39 is 5.91 Å². The zero-order valence-electron chi connectivity index (χ0n) is 19.1. The zero-order valence-corrected chi connectivity index (χ0v) is 19.1. The van der Waals surface area contributed by atoms with Gasteiger partial charge in [-0.3, -0.25) is 9.59 Å². The lowest BCUT2D eigenvalue weighted by Gasteiger charge is -2.13. The van der Waals surface area contributed by atoms with Crippen molar-refractivity contribution in [3.63, 3.8) is 0 Å². The Bertz CT molecular complexity index is 1130. The predicted octanol–water partition coefficient (Wildman–Crippen LogP) is 3.91. The first-order valence-corrected chi connectivity index (χ1v) is 10.7. The Labute approximate surface area is 189 Å². The van der Waals surface area contributed by atoms with Crippen LogP contribution in [0.1, 0.15) is 40.1 Å². The molecule has 2 aromatic carbocycles. The van der Waals surface area contributed by atoms with Crippen molar-refractivity contribution in [1.29, 1.82) is 0 Å². The van der Waals surface area contributed by atoms with Crippen LogP contribution in [0.25, 0.3) is 5.69 Å². The average molecular weight is 431 g/mol. The van der Waals surface area contributed by atoms with Gasteiger partial charge in [0, 0.05) is 29.2 Å². The Morgan fingerprint density at radius 3 is 2.44 bits per heavy atom.